The van der Waals surface area contributed by atoms with Gasteiger partial charge >= 0.3 is 5.97 Å². The maximum atomic E-state index is 11.2. The molecule has 0 aromatic carbocycles. The van der Waals surface area contributed by atoms with Crippen molar-refractivity contribution in [3.8, 4) is 0 Å². The summed E-state index contributed by atoms with van der Waals surface area (Å²) in [5, 5.41) is 16.4. The molecule has 0 saturated heterocycles. The highest BCUT2D eigenvalue weighted by Crippen LogP contribution is 2.14. The van der Waals surface area contributed by atoms with Gasteiger partial charge in [0.05, 0.1) is 18.8 Å². The topological polar surface area (TPSA) is 58.6 Å². The van der Waals surface area contributed by atoms with Crippen molar-refractivity contribution in [1.82, 2.24) is 5.32 Å². The van der Waals surface area contributed by atoms with E-state index in [9.17, 15) is 9.90 Å². The maximum Gasteiger partial charge on any atom is 0.320 e. The van der Waals surface area contributed by atoms with Gasteiger partial charge in [0.25, 0.3) is 0 Å². The highest BCUT2D eigenvalue weighted by atomic mass is 32.1. The van der Waals surface area contributed by atoms with E-state index in [1.54, 1.807) is 13.8 Å². The summed E-state index contributed by atoms with van der Waals surface area (Å²) in [6.07, 6.45) is -0.672. The third-order valence-electron chi connectivity index (χ3n) is 1.90. The number of nitrogens with one attached hydrogen (secondary N) is 1. The quantitative estimate of drug-likeness (QED) is 0.740. The van der Waals surface area contributed by atoms with Crippen LogP contribution in [0.3, 0.4) is 0 Å². The standard InChI is InChI=1S/C11H17NO3S/c1-8(2)15-11(14)6-12-5-10(13)9-3-4-16-7-9/h3-4,7-8,10,12-13H,5-6H2,1-2H3. The van der Waals surface area contributed by atoms with Crippen molar-refractivity contribution in [2.75, 3.05) is 13.1 Å². The highest BCUT2D eigenvalue weighted by Gasteiger charge is 2.09. The zero-order valence-electron chi connectivity index (χ0n) is 9.47. The van der Waals surface area contributed by atoms with Crippen molar-refractivity contribution in [2.24, 2.45) is 0 Å². The van der Waals surface area contributed by atoms with Crippen LogP contribution in [0.1, 0.15) is 25.5 Å². The Labute approximate surface area is 99.2 Å². The first-order valence-corrected chi connectivity index (χ1v) is 6.14. The molecule has 1 rings (SSSR count). The second-order valence-electron chi connectivity index (χ2n) is 3.74. The van der Waals surface area contributed by atoms with Gasteiger partial charge in [-0.2, -0.15) is 11.3 Å². The van der Waals surface area contributed by atoms with Crippen LogP contribution in [0, 0.1) is 0 Å². The first-order valence-electron chi connectivity index (χ1n) is 5.20. The molecular weight excluding hydrogens is 226 g/mol. The molecule has 0 saturated carbocycles. The zero-order chi connectivity index (χ0) is 12.0. The van der Waals surface area contributed by atoms with Crippen LogP contribution < -0.4 is 5.32 Å². The minimum absolute atomic E-state index is 0.101. The average molecular weight is 243 g/mol. The van der Waals surface area contributed by atoms with E-state index in [4.69, 9.17) is 4.74 Å². The van der Waals surface area contributed by atoms with Crippen LogP contribution in [0.15, 0.2) is 16.8 Å². The van der Waals surface area contributed by atoms with Gasteiger partial charge in [0.2, 0.25) is 0 Å². The minimum atomic E-state index is -0.571. The SMILES string of the molecule is CC(C)OC(=O)CNCC(O)c1ccsc1. The van der Waals surface area contributed by atoms with E-state index in [1.807, 2.05) is 16.8 Å². The lowest BCUT2D eigenvalue weighted by atomic mass is 10.2. The summed E-state index contributed by atoms with van der Waals surface area (Å²) < 4.78 is 4.94. The molecule has 0 aliphatic heterocycles. The molecule has 0 fully saturated rings. The summed E-state index contributed by atoms with van der Waals surface area (Å²) in [6.45, 7) is 4.08. The summed E-state index contributed by atoms with van der Waals surface area (Å²) in [6, 6.07) is 1.86. The average Bonchev–Trinajstić information content (AvgIpc) is 2.68. The van der Waals surface area contributed by atoms with E-state index < -0.39 is 6.10 Å². The van der Waals surface area contributed by atoms with Gasteiger partial charge in [0.1, 0.15) is 0 Å². The number of rotatable bonds is 6. The maximum absolute atomic E-state index is 11.2. The Morgan fingerprint density at radius 2 is 2.38 bits per heavy atom. The normalized spacial score (nSPS) is 12.8. The molecule has 4 nitrogen and oxygen atoms in total. The van der Waals surface area contributed by atoms with Gasteiger partial charge in [-0.15, -0.1) is 0 Å². The van der Waals surface area contributed by atoms with E-state index in [0.717, 1.165) is 5.56 Å². The number of carbonyl (C=O) groups is 1. The largest absolute Gasteiger partial charge is 0.462 e. The van der Waals surface area contributed by atoms with Gasteiger partial charge in [0.15, 0.2) is 0 Å². The Hall–Kier alpha value is -0.910. The van der Waals surface area contributed by atoms with Gasteiger partial charge in [0, 0.05) is 6.54 Å². The van der Waals surface area contributed by atoms with Gasteiger partial charge in [-0.1, -0.05) is 0 Å². The van der Waals surface area contributed by atoms with Crippen LogP contribution in [0.4, 0.5) is 0 Å². The third kappa shape index (κ3) is 4.74. The van der Waals surface area contributed by atoms with Crippen LogP contribution in [0.5, 0.6) is 0 Å². The molecule has 0 aliphatic carbocycles. The molecule has 90 valence electrons. The molecule has 1 unspecified atom stereocenters. The lowest BCUT2D eigenvalue weighted by Gasteiger charge is -2.11. The second-order valence-corrected chi connectivity index (χ2v) is 4.52. The number of carbonyl (C=O) groups excluding carboxylic acids is 1. The van der Waals surface area contributed by atoms with E-state index in [-0.39, 0.29) is 18.6 Å². The Morgan fingerprint density at radius 1 is 1.62 bits per heavy atom. The molecule has 2 N–H and O–H groups in total. The molecule has 1 aromatic rings. The molecule has 0 amide bonds. The van der Waals surface area contributed by atoms with Crippen molar-refractivity contribution < 1.29 is 14.6 Å². The molecule has 1 heterocycles. The lowest BCUT2D eigenvalue weighted by molar-refractivity contribution is -0.146. The predicted molar refractivity (Wildman–Crippen MR) is 63.4 cm³/mol. The van der Waals surface area contributed by atoms with Crippen molar-refractivity contribution >= 4 is 17.3 Å². The van der Waals surface area contributed by atoms with Crippen molar-refractivity contribution in [2.45, 2.75) is 26.1 Å². The number of hydrogen-bond acceptors (Lipinski definition) is 5. The smallest absolute Gasteiger partial charge is 0.320 e. The number of esters is 1. The lowest BCUT2D eigenvalue weighted by Crippen LogP contribution is -2.29. The number of aliphatic hydroxyl groups is 1. The highest BCUT2D eigenvalue weighted by molar-refractivity contribution is 7.07. The van der Waals surface area contributed by atoms with E-state index >= 15 is 0 Å². The summed E-state index contributed by atoms with van der Waals surface area (Å²) in [5.74, 6) is -0.299. The van der Waals surface area contributed by atoms with Crippen molar-refractivity contribution in [3.05, 3.63) is 22.4 Å². The number of hydrogen-bond donors (Lipinski definition) is 2. The summed E-state index contributed by atoms with van der Waals surface area (Å²) in [5.41, 5.74) is 0.870. The molecule has 0 aliphatic rings. The molecule has 0 spiro atoms. The Morgan fingerprint density at radius 3 is 2.94 bits per heavy atom. The summed E-state index contributed by atoms with van der Waals surface area (Å²) >= 11 is 1.54. The molecule has 1 aromatic heterocycles. The number of aliphatic hydroxyl groups excluding tert-OH is 1. The van der Waals surface area contributed by atoms with E-state index in [2.05, 4.69) is 5.32 Å². The predicted octanol–water partition coefficient (Wildman–Crippen LogP) is 1.32. The first-order chi connectivity index (χ1) is 7.59. The van der Waals surface area contributed by atoms with E-state index in [1.165, 1.54) is 11.3 Å². The Kier molecular flexibility index (Phi) is 5.45. The van der Waals surface area contributed by atoms with Crippen molar-refractivity contribution in [3.63, 3.8) is 0 Å². The molecule has 0 radical (unpaired) electrons. The fourth-order valence-corrected chi connectivity index (χ4v) is 1.91. The second kappa shape index (κ2) is 6.62. The van der Waals surface area contributed by atoms with Gasteiger partial charge in [-0.25, -0.2) is 0 Å². The molecule has 1 atom stereocenters. The van der Waals surface area contributed by atoms with Crippen LogP contribution in [-0.2, 0) is 9.53 Å². The fraction of sp³-hybridized carbons (Fsp3) is 0.545. The van der Waals surface area contributed by atoms with Gasteiger partial charge in [-0.3, -0.25) is 4.79 Å². The minimum Gasteiger partial charge on any atom is -0.462 e. The molecule has 0 bridgehead atoms. The van der Waals surface area contributed by atoms with Crippen LogP contribution in [0.25, 0.3) is 0 Å². The van der Waals surface area contributed by atoms with E-state index in [0.29, 0.717) is 6.54 Å². The molecule has 5 heteroatoms. The first kappa shape index (κ1) is 13.2. The molecular formula is C11H17NO3S. The summed E-state index contributed by atoms with van der Waals surface area (Å²) in [7, 11) is 0. The van der Waals surface area contributed by atoms with Crippen molar-refractivity contribution in [1.29, 1.82) is 0 Å². The van der Waals surface area contributed by atoms with Crippen LogP contribution >= 0.6 is 11.3 Å². The summed E-state index contributed by atoms with van der Waals surface area (Å²) in [4.78, 5) is 11.2. The van der Waals surface area contributed by atoms with Gasteiger partial charge < -0.3 is 15.2 Å². The van der Waals surface area contributed by atoms with Crippen LogP contribution in [0.2, 0.25) is 0 Å². The van der Waals surface area contributed by atoms with Crippen LogP contribution in [-0.4, -0.2) is 30.3 Å². The Balaban J connectivity index is 2.18. The number of thiophene rings is 1. The fourth-order valence-electron chi connectivity index (χ4n) is 1.20. The molecule has 16 heavy (non-hydrogen) atoms. The zero-order valence-corrected chi connectivity index (χ0v) is 10.3. The number of ether oxygens (including phenoxy) is 1. The third-order valence-corrected chi connectivity index (χ3v) is 2.60. The van der Waals surface area contributed by atoms with Gasteiger partial charge in [-0.05, 0) is 36.2 Å². The Bertz CT molecular complexity index is 311. The monoisotopic (exact) mass is 243 g/mol.